The van der Waals surface area contributed by atoms with Crippen LogP contribution in [0.1, 0.15) is 57.2 Å². The third kappa shape index (κ3) is 8.72. The van der Waals surface area contributed by atoms with Crippen LogP contribution in [0.15, 0.2) is 97.2 Å². The van der Waals surface area contributed by atoms with Gasteiger partial charge >= 0.3 is 12.2 Å². The summed E-state index contributed by atoms with van der Waals surface area (Å²) in [7, 11) is 0. The summed E-state index contributed by atoms with van der Waals surface area (Å²) < 4.78 is 5.36. The summed E-state index contributed by atoms with van der Waals surface area (Å²) in [5.41, 5.74) is 5.18. The minimum atomic E-state index is -1.11. The highest BCUT2D eigenvalue weighted by molar-refractivity contribution is 5.94. The maximum atomic E-state index is 13.1. The molecular weight excluding hydrogens is 580 g/mol. The van der Waals surface area contributed by atoms with Crippen molar-refractivity contribution in [2.45, 2.75) is 64.1 Å². The molecule has 1 aromatic heterocycles. The first kappa shape index (κ1) is 32.2. The zero-order valence-corrected chi connectivity index (χ0v) is 26.2. The molecule has 1 saturated carbocycles. The molecule has 5 rings (SSSR count). The molecule has 9 nitrogen and oxygen atoms in total. The number of alkyl carbamates (subject to hydrolysis) is 1. The smallest absolute Gasteiger partial charge is 0.407 e. The molecule has 4 aromatic rings. The molecule has 0 radical (unpaired) electrons. The van der Waals surface area contributed by atoms with Crippen molar-refractivity contribution in [1.29, 1.82) is 0 Å². The molecule has 0 unspecified atom stereocenters. The SMILES string of the molecule is CC(C)(NC(=O)O)c1ccc(-c2ccc(NC(=O)CC3CCC(NC(=O)OCc4ccccc4)CC3)cc2-c2ccccc2)cn1. The van der Waals surface area contributed by atoms with Gasteiger partial charge in [0.2, 0.25) is 5.91 Å². The Bertz CT molecular complexity index is 1630. The molecule has 1 heterocycles. The summed E-state index contributed by atoms with van der Waals surface area (Å²) in [6.07, 6.45) is 3.96. The van der Waals surface area contributed by atoms with E-state index in [1.54, 1.807) is 20.0 Å². The molecule has 238 valence electrons. The van der Waals surface area contributed by atoms with Gasteiger partial charge in [-0.2, -0.15) is 0 Å². The van der Waals surface area contributed by atoms with Gasteiger partial charge in [0.15, 0.2) is 0 Å². The standard InChI is InChI=1S/C37H40N4O5/c1-37(2,41-35(43)44)33-20-15-28(23-38-33)31-19-18-30(22-32(31)27-11-7-4-8-12-27)39-34(42)21-25-13-16-29(17-14-25)40-36(45)46-24-26-9-5-3-6-10-26/h3-12,15,18-20,22-23,25,29,41H,13-14,16-17,21,24H2,1-2H3,(H,39,42)(H,40,45)(H,43,44). The minimum Gasteiger partial charge on any atom is -0.465 e. The number of ether oxygens (including phenoxy) is 1. The second-order valence-electron chi connectivity index (χ2n) is 12.3. The monoisotopic (exact) mass is 620 g/mol. The zero-order valence-electron chi connectivity index (χ0n) is 26.2. The first-order chi connectivity index (χ1) is 22.2. The van der Waals surface area contributed by atoms with Crippen LogP contribution < -0.4 is 16.0 Å². The Morgan fingerprint density at radius 2 is 1.54 bits per heavy atom. The Labute approximate surface area is 269 Å². The van der Waals surface area contributed by atoms with Crippen molar-refractivity contribution in [3.05, 3.63) is 108 Å². The molecule has 1 aliphatic rings. The number of rotatable bonds is 10. The van der Waals surface area contributed by atoms with Crippen LogP contribution in [0, 0.1) is 5.92 Å². The molecule has 9 heteroatoms. The highest BCUT2D eigenvalue weighted by Gasteiger charge is 2.26. The van der Waals surface area contributed by atoms with Crippen LogP contribution in [0.4, 0.5) is 15.3 Å². The Hall–Kier alpha value is -5.18. The lowest BCUT2D eigenvalue weighted by Gasteiger charge is -2.28. The summed E-state index contributed by atoms with van der Waals surface area (Å²) in [5.74, 6) is 0.209. The van der Waals surface area contributed by atoms with Gasteiger partial charge in [-0.15, -0.1) is 0 Å². The summed E-state index contributed by atoms with van der Waals surface area (Å²) in [6.45, 7) is 3.77. The fourth-order valence-electron chi connectivity index (χ4n) is 5.90. The van der Waals surface area contributed by atoms with Gasteiger partial charge < -0.3 is 25.8 Å². The number of carboxylic acid groups (broad SMARTS) is 1. The van der Waals surface area contributed by atoms with Gasteiger partial charge in [0, 0.05) is 29.9 Å². The number of hydrogen-bond acceptors (Lipinski definition) is 5. The van der Waals surface area contributed by atoms with Crippen LogP contribution in [0.3, 0.4) is 0 Å². The number of benzene rings is 3. The molecule has 1 fully saturated rings. The zero-order chi connectivity index (χ0) is 32.5. The predicted molar refractivity (Wildman–Crippen MR) is 178 cm³/mol. The van der Waals surface area contributed by atoms with Gasteiger partial charge in [-0.25, -0.2) is 9.59 Å². The van der Waals surface area contributed by atoms with Crippen molar-refractivity contribution in [2.75, 3.05) is 5.32 Å². The Kier molecular flexibility index (Phi) is 10.3. The number of nitrogens with zero attached hydrogens (tertiary/aromatic N) is 1. The number of nitrogens with one attached hydrogen (secondary N) is 3. The van der Waals surface area contributed by atoms with Gasteiger partial charge in [0.1, 0.15) is 6.61 Å². The maximum Gasteiger partial charge on any atom is 0.407 e. The molecule has 0 bridgehead atoms. The molecule has 4 N–H and O–H groups in total. The molecule has 0 saturated heterocycles. The summed E-state index contributed by atoms with van der Waals surface area (Å²) in [5, 5.41) is 17.7. The number of carbonyl (C=O) groups is 3. The first-order valence-electron chi connectivity index (χ1n) is 15.6. The van der Waals surface area contributed by atoms with Crippen molar-refractivity contribution in [2.24, 2.45) is 5.92 Å². The highest BCUT2D eigenvalue weighted by Crippen LogP contribution is 2.35. The predicted octanol–water partition coefficient (Wildman–Crippen LogP) is 7.73. The third-order valence-corrected chi connectivity index (χ3v) is 8.38. The average molecular weight is 621 g/mol. The fourth-order valence-corrected chi connectivity index (χ4v) is 5.90. The number of aromatic nitrogens is 1. The molecule has 46 heavy (non-hydrogen) atoms. The number of hydrogen-bond donors (Lipinski definition) is 4. The summed E-state index contributed by atoms with van der Waals surface area (Å²) in [4.78, 5) is 41.2. The lowest BCUT2D eigenvalue weighted by Crippen LogP contribution is -2.40. The van der Waals surface area contributed by atoms with Crippen LogP contribution in [0.2, 0.25) is 0 Å². The lowest BCUT2D eigenvalue weighted by molar-refractivity contribution is -0.117. The van der Waals surface area contributed by atoms with Crippen molar-refractivity contribution < 1.29 is 24.2 Å². The van der Waals surface area contributed by atoms with Gasteiger partial charge in [0.05, 0.1) is 11.2 Å². The van der Waals surface area contributed by atoms with E-state index in [9.17, 15) is 19.5 Å². The second-order valence-corrected chi connectivity index (χ2v) is 12.3. The Balaban J connectivity index is 1.19. The van der Waals surface area contributed by atoms with E-state index in [-0.39, 0.29) is 24.5 Å². The Morgan fingerprint density at radius 3 is 2.20 bits per heavy atom. The third-order valence-electron chi connectivity index (χ3n) is 8.38. The van der Waals surface area contributed by atoms with E-state index in [1.165, 1.54) is 0 Å². The molecule has 0 aliphatic heterocycles. The maximum absolute atomic E-state index is 13.1. The average Bonchev–Trinajstić information content (AvgIpc) is 3.05. The second kappa shape index (κ2) is 14.7. The number of carbonyl (C=O) groups excluding carboxylic acids is 2. The molecular formula is C37H40N4O5. The van der Waals surface area contributed by atoms with E-state index in [2.05, 4.69) is 20.9 Å². The van der Waals surface area contributed by atoms with Gasteiger partial charge in [-0.3, -0.25) is 9.78 Å². The van der Waals surface area contributed by atoms with Crippen LogP contribution in [0.25, 0.3) is 22.3 Å². The van der Waals surface area contributed by atoms with E-state index in [0.29, 0.717) is 17.8 Å². The Morgan fingerprint density at radius 1 is 0.848 bits per heavy atom. The quantitative estimate of drug-likeness (QED) is 0.144. The molecule has 0 atom stereocenters. The largest absolute Gasteiger partial charge is 0.465 e. The van der Waals surface area contributed by atoms with Crippen molar-refractivity contribution >= 4 is 23.8 Å². The minimum absolute atomic E-state index is 0.0374. The molecule has 1 aliphatic carbocycles. The number of pyridine rings is 1. The van der Waals surface area contributed by atoms with E-state index in [1.807, 2.05) is 91.0 Å². The van der Waals surface area contributed by atoms with Crippen molar-refractivity contribution in [3.8, 4) is 22.3 Å². The molecule has 3 amide bonds. The first-order valence-corrected chi connectivity index (χ1v) is 15.6. The van der Waals surface area contributed by atoms with Crippen LogP contribution in [0.5, 0.6) is 0 Å². The van der Waals surface area contributed by atoms with E-state index in [4.69, 9.17) is 4.74 Å². The van der Waals surface area contributed by atoms with E-state index < -0.39 is 17.7 Å². The number of amides is 3. The van der Waals surface area contributed by atoms with Gasteiger partial charge in [-0.1, -0.05) is 72.8 Å². The van der Waals surface area contributed by atoms with Crippen LogP contribution >= 0.6 is 0 Å². The highest BCUT2D eigenvalue weighted by atomic mass is 16.5. The van der Waals surface area contributed by atoms with Gasteiger partial charge in [0.25, 0.3) is 0 Å². The van der Waals surface area contributed by atoms with E-state index >= 15 is 0 Å². The topological polar surface area (TPSA) is 130 Å². The lowest BCUT2D eigenvalue weighted by atomic mass is 9.84. The van der Waals surface area contributed by atoms with Gasteiger partial charge in [-0.05, 0) is 85.9 Å². The summed E-state index contributed by atoms with van der Waals surface area (Å²) in [6, 6.07) is 29.2. The fraction of sp³-hybridized carbons (Fsp3) is 0.297. The van der Waals surface area contributed by atoms with Crippen LogP contribution in [-0.2, 0) is 21.7 Å². The van der Waals surface area contributed by atoms with Crippen LogP contribution in [-0.4, -0.2) is 34.2 Å². The van der Waals surface area contributed by atoms with E-state index in [0.717, 1.165) is 53.5 Å². The summed E-state index contributed by atoms with van der Waals surface area (Å²) >= 11 is 0. The normalized spacial score (nSPS) is 16.2. The van der Waals surface area contributed by atoms with Crippen molar-refractivity contribution in [3.63, 3.8) is 0 Å². The van der Waals surface area contributed by atoms with Crippen molar-refractivity contribution in [1.82, 2.24) is 15.6 Å². The molecule has 0 spiro atoms. The molecule has 3 aromatic carbocycles. The number of anilines is 1.